The molecule has 0 amide bonds. The molecule has 2 atom stereocenters. The Hall–Kier alpha value is -0.530. The van der Waals surface area contributed by atoms with Crippen molar-refractivity contribution in [2.24, 2.45) is 17.8 Å². The van der Waals surface area contributed by atoms with Gasteiger partial charge in [0.15, 0.2) is 0 Å². The molecule has 0 aromatic rings. The minimum atomic E-state index is -0.884. The van der Waals surface area contributed by atoms with Crippen molar-refractivity contribution in [3.63, 3.8) is 0 Å². The number of carbonyl (C=O) groups is 1. The van der Waals surface area contributed by atoms with E-state index in [-0.39, 0.29) is 5.92 Å². The third-order valence-electron chi connectivity index (χ3n) is 2.09. The van der Waals surface area contributed by atoms with E-state index in [1.807, 2.05) is 13.8 Å². The van der Waals surface area contributed by atoms with Crippen molar-refractivity contribution >= 4 is 5.97 Å². The zero-order chi connectivity index (χ0) is 6.31. The normalized spacial score (nSPS) is 44.0. The maximum absolute atomic E-state index is 10.1. The molecule has 2 nitrogen and oxygen atoms in total. The van der Waals surface area contributed by atoms with Crippen LogP contribution in [0.3, 0.4) is 0 Å². The Morgan fingerprint density at radius 1 is 1.25 bits per heavy atom. The van der Waals surface area contributed by atoms with Gasteiger partial charge in [0.05, 0.1) is 5.92 Å². The van der Waals surface area contributed by atoms with Crippen LogP contribution in [-0.2, 0) is 9.90 Å². The predicted molar refractivity (Wildman–Crippen MR) is 27.5 cm³/mol. The highest BCUT2D eigenvalue weighted by molar-refractivity contribution is 5.73. The third kappa shape index (κ3) is 0.602. The second kappa shape index (κ2) is 1.47. The summed E-state index contributed by atoms with van der Waals surface area (Å²) in [5.74, 6) is -0.347. The van der Waals surface area contributed by atoms with E-state index in [2.05, 4.69) is 0 Å². The van der Waals surface area contributed by atoms with Crippen molar-refractivity contribution in [2.75, 3.05) is 0 Å². The lowest BCUT2D eigenvalue weighted by Gasteiger charge is -1.76. The molecule has 1 aliphatic rings. The molecule has 2 unspecified atom stereocenters. The summed E-state index contributed by atoms with van der Waals surface area (Å²) in [4.78, 5) is 10.1. The van der Waals surface area contributed by atoms with Crippen LogP contribution in [0.4, 0.5) is 0 Å². The van der Waals surface area contributed by atoms with E-state index in [0.717, 1.165) is 0 Å². The molecular formula is C6H9O2. The Kier molecular flexibility index (Phi) is 1.03. The smallest absolute Gasteiger partial charge is 0.247 e. The van der Waals surface area contributed by atoms with Gasteiger partial charge in [-0.15, -0.1) is 0 Å². The first-order valence-corrected chi connectivity index (χ1v) is 2.85. The van der Waals surface area contributed by atoms with Crippen LogP contribution in [0.2, 0.25) is 0 Å². The fraction of sp³-hybridized carbons (Fsp3) is 0.833. The molecule has 0 bridgehead atoms. The molecule has 1 saturated carbocycles. The molecule has 0 aliphatic heterocycles. The molecule has 2 heteroatoms. The van der Waals surface area contributed by atoms with Gasteiger partial charge in [0.1, 0.15) is 0 Å². The summed E-state index contributed by atoms with van der Waals surface area (Å²) in [5.41, 5.74) is 0. The summed E-state index contributed by atoms with van der Waals surface area (Å²) in [6, 6.07) is 0. The second-order valence-electron chi connectivity index (χ2n) is 2.56. The summed E-state index contributed by atoms with van der Waals surface area (Å²) < 4.78 is 0. The molecule has 0 N–H and O–H groups in total. The first-order valence-electron chi connectivity index (χ1n) is 2.85. The van der Waals surface area contributed by atoms with Crippen LogP contribution in [0.1, 0.15) is 13.8 Å². The van der Waals surface area contributed by atoms with Crippen molar-refractivity contribution in [1.29, 1.82) is 0 Å². The first kappa shape index (κ1) is 5.60. The predicted octanol–water partition coefficient (Wildman–Crippen LogP) is 0.845. The second-order valence-corrected chi connectivity index (χ2v) is 2.56. The lowest BCUT2D eigenvalue weighted by Crippen LogP contribution is -1.96. The number of hydrogen-bond donors (Lipinski definition) is 0. The van der Waals surface area contributed by atoms with Gasteiger partial charge in [-0.25, -0.2) is 9.90 Å². The van der Waals surface area contributed by atoms with Crippen molar-refractivity contribution in [3.05, 3.63) is 0 Å². The topological polar surface area (TPSA) is 37.0 Å². The quantitative estimate of drug-likeness (QED) is 0.496. The van der Waals surface area contributed by atoms with E-state index >= 15 is 0 Å². The molecule has 0 aromatic heterocycles. The monoisotopic (exact) mass is 113 g/mol. The highest BCUT2D eigenvalue weighted by Crippen LogP contribution is 2.45. The van der Waals surface area contributed by atoms with Crippen molar-refractivity contribution in [1.82, 2.24) is 0 Å². The lowest BCUT2D eigenvalue weighted by atomic mass is 10.3. The number of carbonyl (C=O) groups excluding carboxylic acids is 1. The Bertz CT molecular complexity index is 112. The zero-order valence-corrected chi connectivity index (χ0v) is 5.05. The van der Waals surface area contributed by atoms with Crippen molar-refractivity contribution in [2.45, 2.75) is 13.8 Å². The maximum atomic E-state index is 10.1. The fourth-order valence-corrected chi connectivity index (χ4v) is 1.09. The molecule has 1 aliphatic carbocycles. The molecule has 1 rings (SSSR count). The third-order valence-corrected chi connectivity index (χ3v) is 2.09. The largest absolute Gasteiger partial charge is 0.359 e. The van der Waals surface area contributed by atoms with Crippen molar-refractivity contribution in [3.8, 4) is 0 Å². The van der Waals surface area contributed by atoms with E-state index in [1.54, 1.807) is 0 Å². The minimum absolute atomic E-state index is 0.157. The van der Waals surface area contributed by atoms with Crippen LogP contribution in [0, 0.1) is 17.8 Å². The van der Waals surface area contributed by atoms with Crippen LogP contribution in [-0.4, -0.2) is 5.97 Å². The Morgan fingerprint density at radius 2 is 1.62 bits per heavy atom. The summed E-state index contributed by atoms with van der Waals surface area (Å²) in [6.45, 7) is 3.87. The molecule has 45 valence electrons. The van der Waals surface area contributed by atoms with Gasteiger partial charge in [-0.05, 0) is 11.8 Å². The zero-order valence-electron chi connectivity index (χ0n) is 5.05. The molecule has 0 saturated heterocycles. The number of rotatable bonds is 1. The number of hydrogen-bond acceptors (Lipinski definition) is 1. The van der Waals surface area contributed by atoms with Crippen LogP contribution in [0.25, 0.3) is 0 Å². The van der Waals surface area contributed by atoms with E-state index in [1.165, 1.54) is 0 Å². The van der Waals surface area contributed by atoms with Gasteiger partial charge in [-0.2, -0.15) is 0 Å². The van der Waals surface area contributed by atoms with E-state index in [9.17, 15) is 9.90 Å². The summed E-state index contributed by atoms with van der Waals surface area (Å²) in [5, 5.41) is 10.1. The maximum Gasteiger partial charge on any atom is 0.359 e. The van der Waals surface area contributed by atoms with Crippen LogP contribution in [0.15, 0.2) is 0 Å². The average Bonchev–Trinajstić information content (AvgIpc) is 2.15. The van der Waals surface area contributed by atoms with E-state index in [4.69, 9.17) is 0 Å². The summed E-state index contributed by atoms with van der Waals surface area (Å²) >= 11 is 0. The first-order chi connectivity index (χ1) is 3.64. The Labute approximate surface area is 48.5 Å². The van der Waals surface area contributed by atoms with Gasteiger partial charge in [0.25, 0.3) is 0 Å². The minimum Gasteiger partial charge on any atom is -0.247 e. The molecular weight excluding hydrogens is 104 g/mol. The highest BCUT2D eigenvalue weighted by atomic mass is 16.4. The fourth-order valence-electron chi connectivity index (χ4n) is 1.09. The molecule has 0 aromatic carbocycles. The van der Waals surface area contributed by atoms with Gasteiger partial charge >= 0.3 is 5.97 Å². The Balaban J connectivity index is 2.44. The van der Waals surface area contributed by atoms with Gasteiger partial charge in [-0.3, -0.25) is 0 Å². The average molecular weight is 113 g/mol. The van der Waals surface area contributed by atoms with Crippen LogP contribution < -0.4 is 0 Å². The summed E-state index contributed by atoms with van der Waals surface area (Å²) in [6.07, 6.45) is 0. The molecule has 1 fully saturated rings. The Morgan fingerprint density at radius 3 is 1.62 bits per heavy atom. The summed E-state index contributed by atoms with van der Waals surface area (Å²) in [7, 11) is 0. The standard InChI is InChI=1S/C6H9O2/c1-3-4(2)5(3)6(7)8/h3-5H,1-2H3. The van der Waals surface area contributed by atoms with Crippen LogP contribution >= 0.6 is 0 Å². The van der Waals surface area contributed by atoms with Gasteiger partial charge in [0, 0.05) is 0 Å². The van der Waals surface area contributed by atoms with Gasteiger partial charge < -0.3 is 0 Å². The van der Waals surface area contributed by atoms with Crippen molar-refractivity contribution < 1.29 is 9.90 Å². The lowest BCUT2D eigenvalue weighted by molar-refractivity contribution is -0.145. The van der Waals surface area contributed by atoms with Gasteiger partial charge in [-0.1, -0.05) is 13.8 Å². The molecule has 8 heavy (non-hydrogen) atoms. The SMILES string of the molecule is CC1C(C)C1C([O])=O. The van der Waals surface area contributed by atoms with Gasteiger partial charge in [0.2, 0.25) is 0 Å². The molecule has 1 radical (unpaired) electrons. The molecule has 0 heterocycles. The van der Waals surface area contributed by atoms with Crippen LogP contribution in [0.5, 0.6) is 0 Å². The molecule has 0 spiro atoms. The highest BCUT2D eigenvalue weighted by Gasteiger charge is 2.49. The van der Waals surface area contributed by atoms with E-state index in [0.29, 0.717) is 11.8 Å². The van der Waals surface area contributed by atoms with E-state index < -0.39 is 5.97 Å².